The van der Waals surface area contributed by atoms with Crippen molar-refractivity contribution in [2.75, 3.05) is 6.54 Å². The maximum absolute atomic E-state index is 3.51. The van der Waals surface area contributed by atoms with Crippen LogP contribution in [0.25, 0.3) is 0 Å². The smallest absolute Gasteiger partial charge is 0.00960 e. The van der Waals surface area contributed by atoms with Crippen LogP contribution in [0.1, 0.15) is 19.8 Å². The summed E-state index contributed by atoms with van der Waals surface area (Å²) in [5.74, 6) is 2.01. The molecule has 0 aromatic rings. The minimum absolute atomic E-state index is 0.889. The number of hydrogen-bond acceptors (Lipinski definition) is 1. The van der Waals surface area contributed by atoms with E-state index in [9.17, 15) is 0 Å². The van der Waals surface area contributed by atoms with Crippen LogP contribution >= 0.6 is 0 Å². The quantitative estimate of drug-likeness (QED) is 0.492. The minimum atomic E-state index is 0.889. The van der Waals surface area contributed by atoms with Crippen LogP contribution in [0.3, 0.4) is 0 Å². The molecular formula is C7H13N. The first kappa shape index (κ1) is 4.80. The molecule has 1 nitrogen and oxygen atoms in total. The monoisotopic (exact) mass is 111 g/mol. The largest absolute Gasteiger partial charge is 0.313 e. The van der Waals surface area contributed by atoms with E-state index in [0.717, 1.165) is 17.9 Å². The predicted octanol–water partition coefficient (Wildman–Crippen LogP) is 1.00. The number of fused-ring (bicyclic) bond motifs is 2. The standard InChI is InChI=1S/C7H13N/c1-5-6-2-3-7(5)8-4-6/h5-8H,2-4H2,1H3/t5-,6-,7-/m1/s1. The van der Waals surface area contributed by atoms with Crippen LogP contribution in [0.15, 0.2) is 0 Å². The second-order valence-corrected chi connectivity index (χ2v) is 3.21. The highest BCUT2D eigenvalue weighted by Crippen LogP contribution is 2.35. The maximum Gasteiger partial charge on any atom is 0.00960 e. The molecule has 1 heteroatoms. The Bertz CT molecular complexity index is 80.6. The molecule has 2 bridgehead atoms. The van der Waals surface area contributed by atoms with Gasteiger partial charge < -0.3 is 5.32 Å². The molecule has 0 spiro atoms. The molecule has 1 aliphatic heterocycles. The average Bonchev–Trinajstić information content (AvgIpc) is 2.29. The van der Waals surface area contributed by atoms with Crippen LogP contribution in [-0.4, -0.2) is 12.6 Å². The van der Waals surface area contributed by atoms with Gasteiger partial charge in [-0.3, -0.25) is 0 Å². The molecule has 0 unspecified atom stereocenters. The van der Waals surface area contributed by atoms with Gasteiger partial charge in [0.2, 0.25) is 0 Å². The second kappa shape index (κ2) is 1.47. The Morgan fingerprint density at radius 2 is 2.25 bits per heavy atom. The van der Waals surface area contributed by atoms with Crippen LogP contribution in [0.2, 0.25) is 0 Å². The number of rotatable bonds is 0. The van der Waals surface area contributed by atoms with E-state index < -0.39 is 0 Å². The molecule has 1 N–H and O–H groups in total. The third kappa shape index (κ3) is 0.455. The third-order valence-corrected chi connectivity index (χ3v) is 2.87. The molecular weight excluding hydrogens is 98.1 g/mol. The van der Waals surface area contributed by atoms with Gasteiger partial charge in [0, 0.05) is 6.04 Å². The van der Waals surface area contributed by atoms with E-state index in [1.54, 1.807) is 0 Å². The summed E-state index contributed by atoms with van der Waals surface area (Å²) in [4.78, 5) is 0. The van der Waals surface area contributed by atoms with Gasteiger partial charge in [-0.05, 0) is 31.2 Å². The lowest BCUT2D eigenvalue weighted by Gasteiger charge is -2.08. The summed E-state index contributed by atoms with van der Waals surface area (Å²) in [6.45, 7) is 3.67. The molecule has 1 aliphatic carbocycles. The fourth-order valence-electron chi connectivity index (χ4n) is 2.13. The van der Waals surface area contributed by atoms with E-state index in [-0.39, 0.29) is 0 Å². The van der Waals surface area contributed by atoms with Crippen molar-refractivity contribution in [1.29, 1.82) is 0 Å². The van der Waals surface area contributed by atoms with Crippen molar-refractivity contribution in [1.82, 2.24) is 5.32 Å². The normalized spacial score (nSPS) is 52.9. The molecule has 1 saturated heterocycles. The molecule has 46 valence electrons. The summed E-state index contributed by atoms with van der Waals surface area (Å²) in [5, 5.41) is 3.51. The third-order valence-electron chi connectivity index (χ3n) is 2.87. The van der Waals surface area contributed by atoms with Crippen LogP contribution in [0.5, 0.6) is 0 Å². The van der Waals surface area contributed by atoms with Gasteiger partial charge in [-0.2, -0.15) is 0 Å². The van der Waals surface area contributed by atoms with Crippen LogP contribution in [0, 0.1) is 11.8 Å². The summed E-state index contributed by atoms with van der Waals surface area (Å²) >= 11 is 0. The zero-order chi connectivity index (χ0) is 5.56. The average molecular weight is 111 g/mol. The van der Waals surface area contributed by atoms with Gasteiger partial charge in [-0.25, -0.2) is 0 Å². The molecule has 0 aromatic heterocycles. The molecule has 1 saturated carbocycles. The van der Waals surface area contributed by atoms with Crippen molar-refractivity contribution >= 4 is 0 Å². The first-order valence-electron chi connectivity index (χ1n) is 3.61. The first-order valence-corrected chi connectivity index (χ1v) is 3.61. The van der Waals surface area contributed by atoms with Gasteiger partial charge in [0.05, 0.1) is 0 Å². The summed E-state index contributed by atoms with van der Waals surface area (Å²) in [5.41, 5.74) is 0. The summed E-state index contributed by atoms with van der Waals surface area (Å²) in [7, 11) is 0. The summed E-state index contributed by atoms with van der Waals surface area (Å²) in [6.07, 6.45) is 2.92. The zero-order valence-corrected chi connectivity index (χ0v) is 5.35. The fourth-order valence-corrected chi connectivity index (χ4v) is 2.13. The minimum Gasteiger partial charge on any atom is -0.313 e. The van der Waals surface area contributed by atoms with E-state index in [0.29, 0.717) is 0 Å². The Labute approximate surface area is 50.5 Å². The Balaban J connectivity index is 2.16. The number of hydrogen-bond donors (Lipinski definition) is 1. The van der Waals surface area contributed by atoms with E-state index in [1.807, 2.05) is 0 Å². The molecule has 0 amide bonds. The van der Waals surface area contributed by atoms with Crippen molar-refractivity contribution in [2.24, 2.45) is 11.8 Å². The lowest BCUT2D eigenvalue weighted by atomic mass is 10.0. The van der Waals surface area contributed by atoms with Crippen LogP contribution in [-0.2, 0) is 0 Å². The van der Waals surface area contributed by atoms with Crippen molar-refractivity contribution in [3.8, 4) is 0 Å². The predicted molar refractivity (Wildman–Crippen MR) is 33.7 cm³/mol. The molecule has 2 fully saturated rings. The van der Waals surface area contributed by atoms with Crippen molar-refractivity contribution in [3.63, 3.8) is 0 Å². The molecule has 1 heterocycles. The van der Waals surface area contributed by atoms with Crippen LogP contribution in [0.4, 0.5) is 0 Å². The molecule has 0 aromatic carbocycles. The van der Waals surface area contributed by atoms with Crippen LogP contribution < -0.4 is 5.32 Å². The summed E-state index contributed by atoms with van der Waals surface area (Å²) < 4.78 is 0. The molecule has 2 aliphatic rings. The number of nitrogens with one attached hydrogen (secondary N) is 1. The SMILES string of the molecule is C[C@@H]1[C@@H]2CC[C@H]1NC2. The molecule has 0 radical (unpaired) electrons. The van der Waals surface area contributed by atoms with Crippen molar-refractivity contribution < 1.29 is 0 Å². The molecule has 3 atom stereocenters. The highest BCUT2D eigenvalue weighted by molar-refractivity contribution is 4.94. The van der Waals surface area contributed by atoms with Gasteiger partial charge in [-0.15, -0.1) is 0 Å². The Hall–Kier alpha value is -0.0400. The van der Waals surface area contributed by atoms with Gasteiger partial charge in [-0.1, -0.05) is 6.92 Å². The maximum atomic E-state index is 3.51. The van der Waals surface area contributed by atoms with E-state index in [4.69, 9.17) is 0 Å². The first-order chi connectivity index (χ1) is 3.88. The molecule has 2 rings (SSSR count). The van der Waals surface area contributed by atoms with Gasteiger partial charge in [0.25, 0.3) is 0 Å². The van der Waals surface area contributed by atoms with E-state index >= 15 is 0 Å². The highest BCUT2D eigenvalue weighted by atomic mass is 15.0. The Morgan fingerprint density at radius 3 is 2.38 bits per heavy atom. The second-order valence-electron chi connectivity index (χ2n) is 3.21. The van der Waals surface area contributed by atoms with E-state index in [2.05, 4.69) is 12.2 Å². The lowest BCUT2D eigenvalue weighted by Crippen LogP contribution is -2.25. The Kier molecular flexibility index (Phi) is 0.884. The summed E-state index contributed by atoms with van der Waals surface area (Å²) in [6, 6.07) is 0.889. The van der Waals surface area contributed by atoms with Crippen molar-refractivity contribution in [2.45, 2.75) is 25.8 Å². The van der Waals surface area contributed by atoms with Gasteiger partial charge in [0.1, 0.15) is 0 Å². The van der Waals surface area contributed by atoms with E-state index in [1.165, 1.54) is 19.4 Å². The Morgan fingerprint density at radius 1 is 1.38 bits per heavy atom. The van der Waals surface area contributed by atoms with Crippen molar-refractivity contribution in [3.05, 3.63) is 0 Å². The van der Waals surface area contributed by atoms with Gasteiger partial charge >= 0.3 is 0 Å². The fraction of sp³-hybridized carbons (Fsp3) is 1.00. The number of piperidine rings is 1. The molecule has 8 heavy (non-hydrogen) atoms. The highest BCUT2D eigenvalue weighted by Gasteiger charge is 2.37. The van der Waals surface area contributed by atoms with Gasteiger partial charge in [0.15, 0.2) is 0 Å². The zero-order valence-electron chi connectivity index (χ0n) is 5.35. The lowest BCUT2D eigenvalue weighted by molar-refractivity contribution is 0.488. The topological polar surface area (TPSA) is 12.0 Å².